The summed E-state index contributed by atoms with van der Waals surface area (Å²) in [6.45, 7) is 7.90. The molecular weight excluding hydrogens is 220 g/mol. The Morgan fingerprint density at radius 1 is 1.53 bits per heavy atom. The number of nitrogens with one attached hydrogen (secondary N) is 1. The molecule has 0 fully saturated rings. The number of nitrogens with zero attached hydrogens (tertiary/aromatic N) is 3. The average molecular weight is 240 g/mol. The maximum absolute atomic E-state index is 11.0. The zero-order chi connectivity index (χ0) is 13.2. The molecule has 6 heteroatoms. The summed E-state index contributed by atoms with van der Waals surface area (Å²) in [5.41, 5.74) is 0.513. The van der Waals surface area contributed by atoms with Gasteiger partial charge >= 0.3 is 5.69 Å². The minimum atomic E-state index is -0.381. The highest BCUT2D eigenvalue weighted by Crippen LogP contribution is 2.28. The molecule has 0 saturated carbocycles. The Morgan fingerprint density at radius 2 is 2.12 bits per heavy atom. The number of hydrogen-bond acceptors (Lipinski definition) is 4. The topological polar surface area (TPSA) is 73.0 Å². The molecule has 0 aliphatic carbocycles. The van der Waals surface area contributed by atoms with Gasteiger partial charge in [-0.3, -0.25) is 10.1 Å². The number of aromatic nitrogens is 2. The number of nitro groups is 1. The molecule has 0 amide bonds. The van der Waals surface area contributed by atoms with Crippen LogP contribution in [0.25, 0.3) is 0 Å². The first-order valence-electron chi connectivity index (χ1n) is 5.83. The Kier molecular flexibility index (Phi) is 4.09. The van der Waals surface area contributed by atoms with E-state index < -0.39 is 0 Å². The van der Waals surface area contributed by atoms with Gasteiger partial charge in [0.25, 0.3) is 0 Å². The Labute approximate surface area is 101 Å². The summed E-state index contributed by atoms with van der Waals surface area (Å²) in [7, 11) is 1.71. The fourth-order valence-corrected chi connectivity index (χ4v) is 1.74. The van der Waals surface area contributed by atoms with Gasteiger partial charge in [0, 0.05) is 13.1 Å². The summed E-state index contributed by atoms with van der Waals surface area (Å²) < 4.78 is 1.53. The second-order valence-electron chi connectivity index (χ2n) is 4.48. The zero-order valence-electron chi connectivity index (χ0n) is 11.0. The third-order valence-corrected chi connectivity index (χ3v) is 3.24. The van der Waals surface area contributed by atoms with Gasteiger partial charge in [-0.15, -0.1) is 0 Å². The molecular formula is C11H20N4O2. The lowest BCUT2D eigenvalue weighted by atomic mass is 10.0. The lowest BCUT2D eigenvalue weighted by molar-refractivity contribution is -0.384. The molecule has 0 radical (unpaired) electrons. The van der Waals surface area contributed by atoms with Crippen LogP contribution in [-0.4, -0.2) is 20.7 Å². The van der Waals surface area contributed by atoms with Gasteiger partial charge in [-0.1, -0.05) is 20.3 Å². The maximum Gasteiger partial charge on any atom is 0.333 e. The van der Waals surface area contributed by atoms with Crippen LogP contribution < -0.4 is 5.32 Å². The lowest BCUT2D eigenvalue weighted by Crippen LogP contribution is -2.25. The van der Waals surface area contributed by atoms with E-state index >= 15 is 0 Å². The lowest BCUT2D eigenvalue weighted by Gasteiger charge is -2.20. The van der Waals surface area contributed by atoms with Crippen LogP contribution in [0.2, 0.25) is 0 Å². The van der Waals surface area contributed by atoms with Crippen molar-refractivity contribution in [1.82, 2.24) is 9.78 Å². The first-order valence-corrected chi connectivity index (χ1v) is 5.83. The van der Waals surface area contributed by atoms with Gasteiger partial charge < -0.3 is 5.32 Å². The summed E-state index contributed by atoms with van der Waals surface area (Å²) in [6, 6.07) is 0.175. The molecule has 0 saturated heterocycles. The predicted octanol–water partition coefficient (Wildman–Crippen LogP) is 2.48. The van der Waals surface area contributed by atoms with Crippen LogP contribution in [0.4, 0.5) is 11.5 Å². The smallest absolute Gasteiger partial charge is 0.333 e. The van der Waals surface area contributed by atoms with E-state index in [9.17, 15) is 10.1 Å². The summed E-state index contributed by atoms with van der Waals surface area (Å²) >= 11 is 0. The fraction of sp³-hybridized carbons (Fsp3) is 0.727. The fourth-order valence-electron chi connectivity index (χ4n) is 1.74. The molecule has 2 unspecified atom stereocenters. The van der Waals surface area contributed by atoms with Crippen molar-refractivity contribution in [3.63, 3.8) is 0 Å². The largest absolute Gasteiger partial charge is 0.362 e. The Hall–Kier alpha value is -1.59. The molecule has 0 aromatic carbocycles. The van der Waals surface area contributed by atoms with Crippen molar-refractivity contribution in [3.8, 4) is 0 Å². The molecule has 0 bridgehead atoms. The molecule has 1 aromatic rings. The standard InChI is InChI=1S/C11H20N4O2/c1-6-7(2)8(3)12-11-10(15(16)17)9(4)13-14(11)5/h7-8,12H,6H2,1-5H3. The van der Waals surface area contributed by atoms with E-state index in [2.05, 4.69) is 24.3 Å². The van der Waals surface area contributed by atoms with Gasteiger partial charge in [-0.25, -0.2) is 4.68 Å². The van der Waals surface area contributed by atoms with Crippen molar-refractivity contribution in [1.29, 1.82) is 0 Å². The molecule has 0 spiro atoms. The molecule has 1 heterocycles. The molecule has 1 N–H and O–H groups in total. The number of aryl methyl sites for hydroxylation is 2. The quantitative estimate of drug-likeness (QED) is 0.634. The van der Waals surface area contributed by atoms with E-state index in [-0.39, 0.29) is 16.7 Å². The SMILES string of the molecule is CCC(C)C(C)Nc1c([N+](=O)[O-])c(C)nn1C. The third kappa shape index (κ3) is 2.75. The van der Waals surface area contributed by atoms with Gasteiger partial charge in [-0.05, 0) is 19.8 Å². The van der Waals surface area contributed by atoms with Crippen LogP contribution in [0.15, 0.2) is 0 Å². The summed E-state index contributed by atoms with van der Waals surface area (Å²) in [4.78, 5) is 10.6. The molecule has 2 atom stereocenters. The molecule has 1 rings (SSSR count). The second kappa shape index (κ2) is 5.16. The van der Waals surface area contributed by atoms with Crippen molar-refractivity contribution in [2.45, 2.75) is 40.2 Å². The van der Waals surface area contributed by atoms with Crippen LogP contribution >= 0.6 is 0 Å². The summed E-state index contributed by atoms with van der Waals surface area (Å²) in [5, 5.41) is 18.3. The Balaban J connectivity index is 3.01. The van der Waals surface area contributed by atoms with Gasteiger partial charge in [0.1, 0.15) is 5.69 Å². The van der Waals surface area contributed by atoms with Crippen molar-refractivity contribution in [2.24, 2.45) is 13.0 Å². The van der Waals surface area contributed by atoms with Crippen molar-refractivity contribution < 1.29 is 4.92 Å². The number of rotatable bonds is 5. The van der Waals surface area contributed by atoms with Crippen molar-refractivity contribution in [2.75, 3.05) is 5.32 Å². The van der Waals surface area contributed by atoms with Gasteiger partial charge in [-0.2, -0.15) is 5.10 Å². The van der Waals surface area contributed by atoms with Crippen LogP contribution in [0, 0.1) is 23.0 Å². The minimum Gasteiger partial charge on any atom is -0.362 e. The van der Waals surface area contributed by atoms with Crippen LogP contribution in [0.5, 0.6) is 0 Å². The maximum atomic E-state index is 11.0. The van der Waals surface area contributed by atoms with E-state index in [0.717, 1.165) is 6.42 Å². The van der Waals surface area contributed by atoms with Crippen molar-refractivity contribution >= 4 is 11.5 Å². The van der Waals surface area contributed by atoms with E-state index in [1.807, 2.05) is 6.92 Å². The van der Waals surface area contributed by atoms with E-state index in [4.69, 9.17) is 0 Å². The third-order valence-electron chi connectivity index (χ3n) is 3.24. The predicted molar refractivity (Wildman–Crippen MR) is 67.1 cm³/mol. The first-order chi connectivity index (χ1) is 7.88. The summed E-state index contributed by atoms with van der Waals surface area (Å²) in [6.07, 6.45) is 1.03. The van der Waals surface area contributed by atoms with Crippen molar-refractivity contribution in [3.05, 3.63) is 15.8 Å². The van der Waals surface area contributed by atoms with Crippen LogP contribution in [0.3, 0.4) is 0 Å². The molecule has 6 nitrogen and oxygen atoms in total. The second-order valence-corrected chi connectivity index (χ2v) is 4.48. The highest BCUT2D eigenvalue weighted by Gasteiger charge is 2.25. The monoisotopic (exact) mass is 240 g/mol. The molecule has 96 valence electrons. The molecule has 0 aliphatic heterocycles. The Bertz CT molecular complexity index is 414. The zero-order valence-corrected chi connectivity index (χ0v) is 11.0. The van der Waals surface area contributed by atoms with E-state index in [0.29, 0.717) is 17.4 Å². The first kappa shape index (κ1) is 13.5. The number of anilines is 1. The van der Waals surface area contributed by atoms with Crippen LogP contribution in [0.1, 0.15) is 32.9 Å². The van der Waals surface area contributed by atoms with Crippen LogP contribution in [-0.2, 0) is 7.05 Å². The molecule has 0 aliphatic rings. The van der Waals surface area contributed by atoms with E-state index in [1.165, 1.54) is 4.68 Å². The minimum absolute atomic E-state index is 0.0719. The number of hydrogen-bond donors (Lipinski definition) is 1. The Morgan fingerprint density at radius 3 is 2.59 bits per heavy atom. The highest BCUT2D eigenvalue weighted by atomic mass is 16.6. The van der Waals surface area contributed by atoms with Gasteiger partial charge in [0.15, 0.2) is 0 Å². The normalized spacial score (nSPS) is 14.4. The van der Waals surface area contributed by atoms with Gasteiger partial charge in [0.2, 0.25) is 5.82 Å². The molecule has 17 heavy (non-hydrogen) atoms. The molecule has 1 aromatic heterocycles. The average Bonchev–Trinajstić information content (AvgIpc) is 2.52. The van der Waals surface area contributed by atoms with Gasteiger partial charge in [0.05, 0.1) is 4.92 Å². The van der Waals surface area contributed by atoms with E-state index in [1.54, 1.807) is 14.0 Å². The highest BCUT2D eigenvalue weighted by molar-refractivity contribution is 5.59. The summed E-state index contributed by atoms with van der Waals surface area (Å²) in [5.74, 6) is 0.935.